The van der Waals surface area contributed by atoms with E-state index in [1.807, 2.05) is 6.26 Å². The van der Waals surface area contributed by atoms with E-state index in [4.69, 9.17) is 0 Å². The van der Waals surface area contributed by atoms with E-state index in [1.165, 1.54) is 6.42 Å². The highest BCUT2D eigenvalue weighted by Crippen LogP contribution is 2.27. The van der Waals surface area contributed by atoms with Crippen LogP contribution < -0.4 is 4.90 Å². The van der Waals surface area contributed by atoms with Crippen LogP contribution in [0.15, 0.2) is 17.4 Å². The standard InChI is InChI=1S/C11H16BrN3S/c1-8-6-15(4-3-9(8)12)10-5-11(16-2)14-7-13-10/h5,7-9H,3-4,6H2,1-2H3. The molecule has 0 bridgehead atoms. The first-order valence-corrected chi connectivity index (χ1v) is 7.60. The maximum absolute atomic E-state index is 4.36. The number of alkyl halides is 1. The predicted molar refractivity (Wildman–Crippen MR) is 72.5 cm³/mol. The van der Waals surface area contributed by atoms with Crippen molar-refractivity contribution >= 4 is 33.5 Å². The zero-order valence-electron chi connectivity index (χ0n) is 9.56. The summed E-state index contributed by atoms with van der Waals surface area (Å²) in [6, 6.07) is 2.08. The van der Waals surface area contributed by atoms with Gasteiger partial charge in [-0.2, -0.15) is 0 Å². The Hall–Kier alpha value is -0.290. The summed E-state index contributed by atoms with van der Waals surface area (Å²) in [6.07, 6.45) is 4.88. The lowest BCUT2D eigenvalue weighted by Gasteiger charge is -2.35. The molecule has 2 unspecified atom stereocenters. The van der Waals surface area contributed by atoms with Gasteiger partial charge in [-0.25, -0.2) is 9.97 Å². The van der Waals surface area contributed by atoms with Gasteiger partial charge in [-0.05, 0) is 18.6 Å². The molecular weight excluding hydrogens is 286 g/mol. The van der Waals surface area contributed by atoms with Crippen LogP contribution in [0.2, 0.25) is 0 Å². The van der Waals surface area contributed by atoms with Crippen LogP contribution in [0.25, 0.3) is 0 Å². The van der Waals surface area contributed by atoms with Crippen molar-refractivity contribution in [2.45, 2.75) is 23.2 Å². The molecule has 1 aromatic rings. The summed E-state index contributed by atoms with van der Waals surface area (Å²) in [5.41, 5.74) is 0. The summed E-state index contributed by atoms with van der Waals surface area (Å²) < 4.78 is 0. The molecule has 0 aliphatic carbocycles. The molecule has 1 aliphatic heterocycles. The second kappa shape index (κ2) is 5.36. The molecule has 0 spiro atoms. The highest BCUT2D eigenvalue weighted by atomic mass is 79.9. The van der Waals surface area contributed by atoms with Crippen LogP contribution in [-0.2, 0) is 0 Å². The van der Waals surface area contributed by atoms with Gasteiger partial charge in [0.05, 0.1) is 0 Å². The zero-order valence-corrected chi connectivity index (χ0v) is 12.0. The van der Waals surface area contributed by atoms with E-state index in [0.717, 1.165) is 23.9 Å². The molecule has 1 fully saturated rings. The molecule has 2 heterocycles. The van der Waals surface area contributed by atoms with E-state index in [0.29, 0.717) is 10.7 Å². The number of aromatic nitrogens is 2. The van der Waals surface area contributed by atoms with Crippen LogP contribution in [0.5, 0.6) is 0 Å². The first-order chi connectivity index (χ1) is 7.70. The Bertz CT molecular complexity index is 361. The van der Waals surface area contributed by atoms with Crippen molar-refractivity contribution in [1.82, 2.24) is 9.97 Å². The van der Waals surface area contributed by atoms with Crippen molar-refractivity contribution in [3.8, 4) is 0 Å². The summed E-state index contributed by atoms with van der Waals surface area (Å²) in [5.74, 6) is 1.73. The Morgan fingerprint density at radius 2 is 2.31 bits per heavy atom. The van der Waals surface area contributed by atoms with Gasteiger partial charge in [0, 0.05) is 24.0 Å². The molecule has 1 aliphatic rings. The Morgan fingerprint density at radius 3 is 3.00 bits per heavy atom. The van der Waals surface area contributed by atoms with Crippen molar-refractivity contribution in [1.29, 1.82) is 0 Å². The van der Waals surface area contributed by atoms with Gasteiger partial charge in [0.25, 0.3) is 0 Å². The molecule has 2 rings (SSSR count). The third-order valence-corrected chi connectivity index (χ3v) is 4.96. The van der Waals surface area contributed by atoms with E-state index in [2.05, 4.69) is 43.8 Å². The minimum atomic E-state index is 0.644. The first-order valence-electron chi connectivity index (χ1n) is 5.45. The molecule has 0 amide bonds. The monoisotopic (exact) mass is 301 g/mol. The Labute approximate surface area is 109 Å². The van der Waals surface area contributed by atoms with Crippen LogP contribution in [0.3, 0.4) is 0 Å². The zero-order chi connectivity index (χ0) is 11.5. The number of anilines is 1. The van der Waals surface area contributed by atoms with E-state index in [1.54, 1.807) is 18.1 Å². The highest BCUT2D eigenvalue weighted by Gasteiger charge is 2.24. The molecule has 0 radical (unpaired) electrons. The number of hydrogen-bond donors (Lipinski definition) is 0. The molecule has 5 heteroatoms. The van der Waals surface area contributed by atoms with Crippen LogP contribution in [0.4, 0.5) is 5.82 Å². The second-order valence-electron chi connectivity index (χ2n) is 4.15. The highest BCUT2D eigenvalue weighted by molar-refractivity contribution is 9.09. The average Bonchev–Trinajstić information content (AvgIpc) is 2.33. The molecule has 1 aromatic heterocycles. The van der Waals surface area contributed by atoms with Crippen molar-refractivity contribution in [2.75, 3.05) is 24.2 Å². The fourth-order valence-electron chi connectivity index (χ4n) is 1.94. The molecule has 88 valence electrons. The summed E-state index contributed by atoms with van der Waals surface area (Å²) in [5, 5.41) is 1.04. The molecule has 1 saturated heterocycles. The van der Waals surface area contributed by atoms with Crippen molar-refractivity contribution < 1.29 is 0 Å². The first kappa shape index (κ1) is 12.2. The second-order valence-corrected chi connectivity index (χ2v) is 6.15. The maximum Gasteiger partial charge on any atom is 0.133 e. The minimum Gasteiger partial charge on any atom is -0.356 e. The van der Waals surface area contributed by atoms with Gasteiger partial charge < -0.3 is 4.90 Å². The minimum absolute atomic E-state index is 0.644. The summed E-state index contributed by atoms with van der Waals surface area (Å²) >= 11 is 5.38. The van der Waals surface area contributed by atoms with Gasteiger partial charge in [0.15, 0.2) is 0 Å². The lowest BCUT2D eigenvalue weighted by atomic mass is 10.0. The smallest absolute Gasteiger partial charge is 0.133 e. The lowest BCUT2D eigenvalue weighted by Crippen LogP contribution is -2.40. The third-order valence-electron chi connectivity index (χ3n) is 2.96. The molecule has 0 saturated carbocycles. The van der Waals surface area contributed by atoms with Gasteiger partial charge in [-0.1, -0.05) is 22.9 Å². The van der Waals surface area contributed by atoms with Crippen molar-refractivity contribution in [2.24, 2.45) is 5.92 Å². The Morgan fingerprint density at radius 1 is 1.50 bits per heavy atom. The van der Waals surface area contributed by atoms with E-state index < -0.39 is 0 Å². The molecule has 16 heavy (non-hydrogen) atoms. The van der Waals surface area contributed by atoms with Crippen molar-refractivity contribution in [3.63, 3.8) is 0 Å². The maximum atomic E-state index is 4.36. The topological polar surface area (TPSA) is 29.0 Å². The molecule has 3 nitrogen and oxygen atoms in total. The van der Waals surface area contributed by atoms with Gasteiger partial charge in [0.1, 0.15) is 17.2 Å². The lowest BCUT2D eigenvalue weighted by molar-refractivity contribution is 0.463. The molecule has 0 aromatic carbocycles. The summed E-state index contributed by atoms with van der Waals surface area (Å²) in [6.45, 7) is 4.42. The number of nitrogens with zero attached hydrogens (tertiary/aromatic N) is 3. The molecule has 2 atom stereocenters. The van der Waals surface area contributed by atoms with Gasteiger partial charge in [0.2, 0.25) is 0 Å². The average molecular weight is 302 g/mol. The van der Waals surface area contributed by atoms with E-state index in [9.17, 15) is 0 Å². The third kappa shape index (κ3) is 2.69. The largest absolute Gasteiger partial charge is 0.356 e. The number of thioether (sulfide) groups is 1. The van der Waals surface area contributed by atoms with Gasteiger partial charge >= 0.3 is 0 Å². The van der Waals surface area contributed by atoms with Gasteiger partial charge in [-0.15, -0.1) is 11.8 Å². The Kier molecular flexibility index (Phi) is 4.08. The summed E-state index contributed by atoms with van der Waals surface area (Å²) in [4.78, 5) is 11.6. The van der Waals surface area contributed by atoms with E-state index >= 15 is 0 Å². The predicted octanol–water partition coefficient (Wildman–Crippen LogP) is 2.81. The Balaban J connectivity index is 2.12. The van der Waals surface area contributed by atoms with Crippen molar-refractivity contribution in [3.05, 3.63) is 12.4 Å². The fourth-order valence-corrected chi connectivity index (χ4v) is 2.69. The number of rotatable bonds is 2. The van der Waals surface area contributed by atoms with Crippen LogP contribution in [-0.4, -0.2) is 34.1 Å². The fraction of sp³-hybridized carbons (Fsp3) is 0.636. The van der Waals surface area contributed by atoms with Crippen LogP contribution in [0, 0.1) is 5.92 Å². The number of halogens is 1. The number of piperidine rings is 1. The normalized spacial score (nSPS) is 25.8. The van der Waals surface area contributed by atoms with Gasteiger partial charge in [-0.3, -0.25) is 0 Å². The number of hydrogen-bond acceptors (Lipinski definition) is 4. The van der Waals surface area contributed by atoms with Crippen LogP contribution >= 0.6 is 27.7 Å². The SMILES string of the molecule is CSc1cc(N2CCC(Br)C(C)C2)ncn1. The quantitative estimate of drug-likeness (QED) is 0.477. The van der Waals surface area contributed by atoms with Crippen LogP contribution in [0.1, 0.15) is 13.3 Å². The molecular formula is C11H16BrN3S. The molecule has 0 N–H and O–H groups in total. The summed E-state index contributed by atoms with van der Waals surface area (Å²) in [7, 11) is 0. The van der Waals surface area contributed by atoms with E-state index in [-0.39, 0.29) is 0 Å².